The number of hydrogen-bond donors (Lipinski definition) is 0. The third kappa shape index (κ3) is 4.75. The molecule has 1 aliphatic rings. The molecule has 0 bridgehead atoms. The number of hydrazine groups is 1. The summed E-state index contributed by atoms with van der Waals surface area (Å²) >= 11 is 12.6. The lowest BCUT2D eigenvalue weighted by Gasteiger charge is -2.42. The van der Waals surface area contributed by atoms with Gasteiger partial charge in [-0.2, -0.15) is 10.5 Å². The van der Waals surface area contributed by atoms with E-state index in [1.54, 1.807) is 6.07 Å². The number of ether oxygens (including phenoxy) is 1. The van der Waals surface area contributed by atoms with Crippen LogP contribution in [0.2, 0.25) is 10.0 Å². The Morgan fingerprint density at radius 2 is 1.93 bits per heavy atom. The average molecular weight is 432 g/mol. The molecule has 2 aromatic rings. The number of aromatic nitrogens is 1. The third-order valence-corrected chi connectivity index (χ3v) is 5.88. The first-order valence-electron chi connectivity index (χ1n) is 9.62. The highest BCUT2D eigenvalue weighted by atomic mass is 35.5. The van der Waals surface area contributed by atoms with Crippen molar-refractivity contribution in [3.63, 3.8) is 0 Å². The Hall–Kier alpha value is -2.06. The Balaban J connectivity index is 2.00. The molecule has 0 amide bonds. The van der Waals surface area contributed by atoms with E-state index in [1.165, 1.54) is 0 Å². The average Bonchev–Trinajstić information content (AvgIpc) is 3.17. The van der Waals surface area contributed by atoms with E-state index in [2.05, 4.69) is 29.1 Å². The Labute approximate surface area is 181 Å². The van der Waals surface area contributed by atoms with Crippen LogP contribution < -0.4 is 0 Å². The summed E-state index contributed by atoms with van der Waals surface area (Å²) < 4.78 is 7.53. The van der Waals surface area contributed by atoms with E-state index in [0.29, 0.717) is 41.8 Å². The second-order valence-electron chi connectivity index (χ2n) is 6.77. The van der Waals surface area contributed by atoms with Crippen molar-refractivity contribution in [2.24, 2.45) is 0 Å². The minimum absolute atomic E-state index is 0.0275. The summed E-state index contributed by atoms with van der Waals surface area (Å²) in [4.78, 5) is 0. The fourth-order valence-corrected chi connectivity index (χ4v) is 4.09. The fraction of sp³-hybridized carbons (Fsp3) is 0.429. The first-order valence-corrected chi connectivity index (χ1v) is 10.4. The van der Waals surface area contributed by atoms with Gasteiger partial charge >= 0.3 is 0 Å². The van der Waals surface area contributed by atoms with Crippen molar-refractivity contribution in [1.82, 2.24) is 14.6 Å². The number of morpholine rings is 1. The highest BCUT2D eigenvalue weighted by Crippen LogP contribution is 2.36. The molecule has 0 saturated carbocycles. The van der Waals surface area contributed by atoms with Gasteiger partial charge in [0.1, 0.15) is 6.07 Å². The van der Waals surface area contributed by atoms with Crippen LogP contribution in [0.4, 0.5) is 0 Å². The molecular formula is C21H23Cl2N5O. The SMILES string of the molecule is CCC(N(CCC#N)N1CCOCC1)n1cc(C#N)c(-c2cccc(Cl)c2Cl)c1. The number of nitriles is 2. The maximum atomic E-state index is 9.71. The second kappa shape index (κ2) is 10.1. The maximum absolute atomic E-state index is 9.71. The van der Waals surface area contributed by atoms with E-state index in [-0.39, 0.29) is 6.17 Å². The van der Waals surface area contributed by atoms with Crippen LogP contribution in [0, 0.1) is 22.7 Å². The Morgan fingerprint density at radius 3 is 2.59 bits per heavy atom. The molecule has 1 aromatic heterocycles. The standard InChI is InChI=1S/C21H23Cl2N5O/c1-2-20(28(8-4-7-24)27-9-11-29-12-10-27)26-14-16(13-25)18(15-26)17-5-3-6-19(22)21(17)23/h3,5-6,14-15,20H,2,4,8-12H2,1H3. The van der Waals surface area contributed by atoms with Crippen molar-refractivity contribution in [2.45, 2.75) is 25.9 Å². The van der Waals surface area contributed by atoms with E-state index < -0.39 is 0 Å². The number of benzene rings is 1. The summed E-state index contributed by atoms with van der Waals surface area (Å²) in [7, 11) is 0. The van der Waals surface area contributed by atoms with Crippen LogP contribution in [-0.2, 0) is 4.74 Å². The molecule has 6 nitrogen and oxygen atoms in total. The zero-order valence-corrected chi connectivity index (χ0v) is 17.8. The summed E-state index contributed by atoms with van der Waals surface area (Å²) in [6.45, 7) is 5.60. The zero-order chi connectivity index (χ0) is 20.8. The van der Waals surface area contributed by atoms with Crippen LogP contribution >= 0.6 is 23.2 Å². The van der Waals surface area contributed by atoms with Gasteiger partial charge < -0.3 is 9.30 Å². The van der Waals surface area contributed by atoms with Crippen molar-refractivity contribution in [3.05, 3.63) is 46.2 Å². The van der Waals surface area contributed by atoms with Crippen LogP contribution in [0.3, 0.4) is 0 Å². The summed E-state index contributed by atoms with van der Waals surface area (Å²) in [5.41, 5.74) is 2.02. The van der Waals surface area contributed by atoms with E-state index in [1.807, 2.05) is 29.1 Å². The topological polar surface area (TPSA) is 68.2 Å². The first kappa shape index (κ1) is 21.6. The van der Waals surface area contributed by atoms with Crippen LogP contribution in [0.25, 0.3) is 11.1 Å². The molecule has 0 N–H and O–H groups in total. The van der Waals surface area contributed by atoms with Crippen LogP contribution in [0.15, 0.2) is 30.6 Å². The van der Waals surface area contributed by atoms with Gasteiger partial charge in [0.05, 0.1) is 41.1 Å². The van der Waals surface area contributed by atoms with Crippen molar-refractivity contribution < 1.29 is 4.74 Å². The van der Waals surface area contributed by atoms with Gasteiger partial charge in [-0.1, -0.05) is 42.3 Å². The Morgan fingerprint density at radius 1 is 1.17 bits per heavy atom. The van der Waals surface area contributed by atoms with Crippen LogP contribution in [0.5, 0.6) is 0 Å². The first-order chi connectivity index (χ1) is 14.1. The highest BCUT2D eigenvalue weighted by Gasteiger charge is 2.27. The molecule has 1 aromatic carbocycles. The summed E-state index contributed by atoms with van der Waals surface area (Å²) in [5, 5.41) is 24.2. The van der Waals surface area contributed by atoms with Gasteiger partial charge in [0, 0.05) is 49.6 Å². The predicted octanol–water partition coefficient (Wildman–Crippen LogP) is 4.71. The van der Waals surface area contributed by atoms with E-state index in [9.17, 15) is 5.26 Å². The predicted molar refractivity (Wildman–Crippen MR) is 113 cm³/mol. The molecule has 8 heteroatoms. The minimum Gasteiger partial charge on any atom is -0.379 e. The van der Waals surface area contributed by atoms with Gasteiger partial charge in [-0.05, 0) is 12.5 Å². The van der Waals surface area contributed by atoms with E-state index in [0.717, 1.165) is 30.6 Å². The second-order valence-corrected chi connectivity index (χ2v) is 7.56. The molecule has 0 aliphatic carbocycles. The minimum atomic E-state index is -0.0275. The third-order valence-electron chi connectivity index (χ3n) is 5.07. The van der Waals surface area contributed by atoms with Gasteiger partial charge in [-0.3, -0.25) is 0 Å². The molecule has 3 rings (SSSR count). The number of nitrogens with zero attached hydrogens (tertiary/aromatic N) is 5. The Kier molecular flexibility index (Phi) is 7.55. The molecule has 0 radical (unpaired) electrons. The Bertz CT molecular complexity index is 924. The lowest BCUT2D eigenvalue weighted by molar-refractivity contribution is -0.130. The molecule has 0 spiro atoms. The number of rotatable bonds is 7. The zero-order valence-electron chi connectivity index (χ0n) is 16.3. The van der Waals surface area contributed by atoms with Gasteiger partial charge in [-0.25, -0.2) is 10.0 Å². The maximum Gasteiger partial charge on any atom is 0.101 e. The molecule has 1 aliphatic heterocycles. The van der Waals surface area contributed by atoms with Gasteiger partial charge in [0.25, 0.3) is 0 Å². The van der Waals surface area contributed by atoms with Crippen LogP contribution in [-0.4, -0.2) is 47.4 Å². The van der Waals surface area contributed by atoms with Gasteiger partial charge in [0.15, 0.2) is 0 Å². The summed E-state index contributed by atoms with van der Waals surface area (Å²) in [5.74, 6) is 0. The lowest BCUT2D eigenvalue weighted by atomic mass is 10.1. The number of halogens is 2. The summed E-state index contributed by atoms with van der Waals surface area (Å²) in [6.07, 6.45) is 5.00. The van der Waals surface area contributed by atoms with Crippen molar-refractivity contribution in [1.29, 1.82) is 10.5 Å². The summed E-state index contributed by atoms with van der Waals surface area (Å²) in [6, 6.07) is 9.94. The van der Waals surface area contributed by atoms with E-state index >= 15 is 0 Å². The molecule has 2 heterocycles. The molecule has 1 saturated heterocycles. The molecule has 1 fully saturated rings. The van der Waals surface area contributed by atoms with Crippen molar-refractivity contribution in [3.8, 4) is 23.3 Å². The largest absolute Gasteiger partial charge is 0.379 e. The normalized spacial score (nSPS) is 15.8. The lowest BCUT2D eigenvalue weighted by Crippen LogP contribution is -2.51. The van der Waals surface area contributed by atoms with E-state index in [4.69, 9.17) is 33.2 Å². The quantitative estimate of drug-likeness (QED) is 0.634. The molecular weight excluding hydrogens is 409 g/mol. The number of hydrogen-bond acceptors (Lipinski definition) is 5. The van der Waals surface area contributed by atoms with Crippen molar-refractivity contribution >= 4 is 23.2 Å². The monoisotopic (exact) mass is 431 g/mol. The fourth-order valence-electron chi connectivity index (χ4n) is 3.69. The van der Waals surface area contributed by atoms with Crippen LogP contribution in [0.1, 0.15) is 31.5 Å². The highest BCUT2D eigenvalue weighted by molar-refractivity contribution is 6.43. The van der Waals surface area contributed by atoms with Gasteiger partial charge in [-0.15, -0.1) is 0 Å². The smallest absolute Gasteiger partial charge is 0.101 e. The molecule has 152 valence electrons. The van der Waals surface area contributed by atoms with Gasteiger partial charge in [0.2, 0.25) is 0 Å². The molecule has 1 unspecified atom stereocenters. The molecule has 1 atom stereocenters. The molecule has 29 heavy (non-hydrogen) atoms. The van der Waals surface area contributed by atoms with Crippen molar-refractivity contribution in [2.75, 3.05) is 32.8 Å².